The van der Waals surface area contributed by atoms with Gasteiger partial charge in [0.15, 0.2) is 12.8 Å². The molecule has 3 aromatic rings. The molecule has 78 valence electrons. The number of hydrogen-bond donors (Lipinski definition) is 0. The van der Waals surface area contributed by atoms with E-state index in [0.717, 1.165) is 12.8 Å². The summed E-state index contributed by atoms with van der Waals surface area (Å²) in [6.45, 7) is 0. The van der Waals surface area contributed by atoms with Gasteiger partial charge in [-0.25, -0.2) is 19.6 Å². The minimum atomic E-state index is -0.546. The van der Waals surface area contributed by atoms with Crippen molar-refractivity contribution < 1.29 is 8.83 Å². The third-order valence-corrected chi connectivity index (χ3v) is 2.26. The molecule has 3 rings (SSSR count). The lowest BCUT2D eigenvalue weighted by molar-refractivity contribution is 0.499. The van der Waals surface area contributed by atoms with Crippen molar-refractivity contribution in [2.45, 2.75) is 0 Å². The first-order valence-electron chi connectivity index (χ1n) is 4.41. The van der Waals surface area contributed by atoms with Crippen LogP contribution < -0.4 is 11.3 Å². The van der Waals surface area contributed by atoms with Crippen molar-refractivity contribution in [1.29, 1.82) is 0 Å². The lowest BCUT2D eigenvalue weighted by Gasteiger charge is -1.96. The molecule has 0 aliphatic rings. The summed E-state index contributed by atoms with van der Waals surface area (Å²) >= 11 is 0. The topological polar surface area (TPSA) is 86.2 Å². The third-order valence-electron chi connectivity index (χ3n) is 2.26. The lowest BCUT2D eigenvalue weighted by atomic mass is 10.2. The molecule has 0 N–H and O–H groups in total. The standard InChI is InChI=1S/C10H4N2O4/c13-9-5-1-6-8(12-4-16-10(6)14)2-7(5)11-3-15-9/h1-4H. The second kappa shape index (κ2) is 2.99. The van der Waals surface area contributed by atoms with Gasteiger partial charge in [-0.15, -0.1) is 0 Å². The van der Waals surface area contributed by atoms with Crippen LogP contribution in [0.15, 0.2) is 43.3 Å². The van der Waals surface area contributed by atoms with E-state index in [0.29, 0.717) is 11.0 Å². The first-order chi connectivity index (χ1) is 7.75. The molecule has 16 heavy (non-hydrogen) atoms. The molecule has 0 atom stereocenters. The molecule has 0 bridgehead atoms. The molecule has 0 amide bonds. The zero-order valence-electron chi connectivity index (χ0n) is 7.84. The van der Waals surface area contributed by atoms with Gasteiger partial charge < -0.3 is 8.83 Å². The first-order valence-corrected chi connectivity index (χ1v) is 4.41. The maximum Gasteiger partial charge on any atom is 0.346 e. The van der Waals surface area contributed by atoms with Crippen LogP contribution in [0.25, 0.3) is 21.8 Å². The predicted octanol–water partition coefficient (Wildman–Crippen LogP) is 0.689. The molecule has 6 heteroatoms. The van der Waals surface area contributed by atoms with E-state index < -0.39 is 11.3 Å². The Balaban J connectivity index is 2.65. The fourth-order valence-electron chi connectivity index (χ4n) is 1.51. The van der Waals surface area contributed by atoms with E-state index >= 15 is 0 Å². The molecule has 0 saturated carbocycles. The van der Waals surface area contributed by atoms with Gasteiger partial charge in [-0.1, -0.05) is 0 Å². The largest absolute Gasteiger partial charge is 0.411 e. The Bertz CT molecular complexity index is 738. The van der Waals surface area contributed by atoms with E-state index in [1.54, 1.807) is 6.07 Å². The molecule has 0 spiro atoms. The number of benzene rings is 1. The van der Waals surface area contributed by atoms with Crippen LogP contribution >= 0.6 is 0 Å². The second-order valence-electron chi connectivity index (χ2n) is 3.17. The monoisotopic (exact) mass is 216 g/mol. The zero-order valence-corrected chi connectivity index (χ0v) is 7.84. The summed E-state index contributed by atoms with van der Waals surface area (Å²) in [5.74, 6) is 0. The molecule has 2 aromatic heterocycles. The molecule has 0 aliphatic carbocycles. The SMILES string of the molecule is O=c1ocnc2cc3ncoc(=O)c3cc12. The van der Waals surface area contributed by atoms with Crippen LogP contribution in [-0.4, -0.2) is 9.97 Å². The van der Waals surface area contributed by atoms with E-state index in [2.05, 4.69) is 18.8 Å². The minimum absolute atomic E-state index is 0.232. The minimum Gasteiger partial charge on any atom is -0.411 e. The summed E-state index contributed by atoms with van der Waals surface area (Å²) in [6.07, 6.45) is 2.11. The molecule has 1 aromatic carbocycles. The van der Waals surface area contributed by atoms with E-state index in [1.165, 1.54) is 6.07 Å². The Morgan fingerprint density at radius 3 is 1.81 bits per heavy atom. The number of hydrogen-bond acceptors (Lipinski definition) is 6. The van der Waals surface area contributed by atoms with Crippen molar-refractivity contribution >= 4 is 21.8 Å². The van der Waals surface area contributed by atoms with Crippen molar-refractivity contribution in [3.05, 3.63) is 45.8 Å². The number of aromatic nitrogens is 2. The van der Waals surface area contributed by atoms with Crippen molar-refractivity contribution in [1.82, 2.24) is 9.97 Å². The van der Waals surface area contributed by atoms with E-state index in [-0.39, 0.29) is 10.8 Å². The Morgan fingerprint density at radius 2 is 1.31 bits per heavy atom. The number of fused-ring (bicyclic) bond motifs is 2. The molecular weight excluding hydrogens is 212 g/mol. The van der Waals surface area contributed by atoms with E-state index in [9.17, 15) is 9.59 Å². The van der Waals surface area contributed by atoms with Gasteiger partial charge >= 0.3 is 11.3 Å². The molecule has 2 heterocycles. The number of nitrogens with zero attached hydrogens (tertiary/aromatic N) is 2. The second-order valence-corrected chi connectivity index (χ2v) is 3.17. The summed E-state index contributed by atoms with van der Waals surface area (Å²) < 4.78 is 9.22. The van der Waals surface area contributed by atoms with Gasteiger partial charge in [0.25, 0.3) is 0 Å². The van der Waals surface area contributed by atoms with Crippen molar-refractivity contribution in [2.75, 3.05) is 0 Å². The van der Waals surface area contributed by atoms with Gasteiger partial charge in [-0.05, 0) is 12.1 Å². The summed E-state index contributed by atoms with van der Waals surface area (Å²) in [4.78, 5) is 30.5. The van der Waals surface area contributed by atoms with Crippen molar-refractivity contribution in [2.24, 2.45) is 0 Å². The fourth-order valence-corrected chi connectivity index (χ4v) is 1.51. The highest BCUT2D eigenvalue weighted by Crippen LogP contribution is 2.13. The molecular formula is C10H4N2O4. The van der Waals surface area contributed by atoms with Gasteiger partial charge in [-0.3, -0.25) is 0 Å². The summed E-state index contributed by atoms with van der Waals surface area (Å²) in [5, 5.41) is 0.464. The fraction of sp³-hybridized carbons (Fsp3) is 0. The van der Waals surface area contributed by atoms with Crippen LogP contribution in [0.5, 0.6) is 0 Å². The Labute approximate surface area is 87.2 Å². The summed E-state index contributed by atoms with van der Waals surface area (Å²) in [7, 11) is 0. The van der Waals surface area contributed by atoms with Gasteiger partial charge in [0.2, 0.25) is 0 Å². The van der Waals surface area contributed by atoms with Crippen LogP contribution in [0, 0.1) is 0 Å². The van der Waals surface area contributed by atoms with Gasteiger partial charge in [0, 0.05) is 0 Å². The molecule has 0 fully saturated rings. The first kappa shape index (κ1) is 8.78. The van der Waals surface area contributed by atoms with E-state index in [1.807, 2.05) is 0 Å². The average Bonchev–Trinajstić information content (AvgIpc) is 2.28. The van der Waals surface area contributed by atoms with Crippen molar-refractivity contribution in [3.63, 3.8) is 0 Å². The van der Waals surface area contributed by atoms with Crippen LogP contribution in [0.1, 0.15) is 0 Å². The summed E-state index contributed by atoms with van der Waals surface area (Å²) in [6, 6.07) is 2.92. The van der Waals surface area contributed by atoms with Crippen molar-refractivity contribution in [3.8, 4) is 0 Å². The van der Waals surface area contributed by atoms with Crippen LogP contribution in [0.4, 0.5) is 0 Å². The highest BCUT2D eigenvalue weighted by atomic mass is 16.4. The van der Waals surface area contributed by atoms with Gasteiger partial charge in [0.1, 0.15) is 0 Å². The molecule has 6 nitrogen and oxygen atoms in total. The Hall–Kier alpha value is -2.50. The maximum absolute atomic E-state index is 11.4. The quantitative estimate of drug-likeness (QED) is 0.514. The average molecular weight is 216 g/mol. The normalized spacial score (nSPS) is 11.0. The zero-order chi connectivity index (χ0) is 11.1. The maximum atomic E-state index is 11.4. The molecule has 0 saturated heterocycles. The summed E-state index contributed by atoms with van der Waals surface area (Å²) in [5.41, 5.74) is -0.228. The molecule has 0 radical (unpaired) electrons. The number of rotatable bonds is 0. The van der Waals surface area contributed by atoms with Gasteiger partial charge in [-0.2, -0.15) is 0 Å². The van der Waals surface area contributed by atoms with Crippen LogP contribution in [-0.2, 0) is 0 Å². The highest BCUT2D eigenvalue weighted by Gasteiger charge is 2.07. The Morgan fingerprint density at radius 1 is 0.812 bits per heavy atom. The van der Waals surface area contributed by atoms with Gasteiger partial charge in [0.05, 0.1) is 21.8 Å². The van der Waals surface area contributed by atoms with E-state index in [4.69, 9.17) is 0 Å². The predicted molar refractivity (Wildman–Crippen MR) is 54.1 cm³/mol. The van der Waals surface area contributed by atoms with Crippen LogP contribution in [0.2, 0.25) is 0 Å². The highest BCUT2D eigenvalue weighted by molar-refractivity contribution is 5.92. The Kier molecular flexibility index (Phi) is 1.64. The third kappa shape index (κ3) is 1.13. The molecule has 0 aliphatic heterocycles. The molecule has 0 unspecified atom stereocenters. The lowest BCUT2D eigenvalue weighted by Crippen LogP contribution is -2.04. The van der Waals surface area contributed by atoms with Crippen LogP contribution in [0.3, 0.4) is 0 Å². The smallest absolute Gasteiger partial charge is 0.346 e.